The van der Waals surface area contributed by atoms with Crippen molar-refractivity contribution in [3.8, 4) is 0 Å². The van der Waals surface area contributed by atoms with Crippen LogP contribution in [0.1, 0.15) is 26.7 Å². The van der Waals surface area contributed by atoms with Crippen molar-refractivity contribution in [1.82, 2.24) is 4.90 Å². The van der Waals surface area contributed by atoms with Crippen molar-refractivity contribution in [2.45, 2.75) is 32.7 Å². The van der Waals surface area contributed by atoms with Crippen LogP contribution >= 0.6 is 0 Å². The van der Waals surface area contributed by atoms with Crippen LogP contribution in [0.4, 0.5) is 0 Å². The number of hydrogen-bond acceptors (Lipinski definition) is 3. The molecule has 0 bridgehead atoms. The second-order valence-corrected chi connectivity index (χ2v) is 4.58. The molecule has 92 valence electrons. The molecule has 1 saturated heterocycles. The summed E-state index contributed by atoms with van der Waals surface area (Å²) in [6.07, 6.45) is 1.54. The summed E-state index contributed by atoms with van der Waals surface area (Å²) in [6.45, 7) is 4.99. The van der Waals surface area contributed by atoms with E-state index in [1.54, 1.807) is 4.90 Å². The molecule has 5 nitrogen and oxygen atoms in total. The van der Waals surface area contributed by atoms with Crippen molar-refractivity contribution in [2.75, 3.05) is 13.1 Å². The molecule has 1 aliphatic rings. The molecule has 5 heteroatoms. The first-order valence-electron chi connectivity index (χ1n) is 5.81. The van der Waals surface area contributed by atoms with Gasteiger partial charge in [0.25, 0.3) is 0 Å². The SMILES string of the molecule is CCC(C)C(N)C(=O)N1CCC(C(N)=O)C1. The van der Waals surface area contributed by atoms with Gasteiger partial charge in [0.1, 0.15) is 0 Å². The Labute approximate surface area is 96.1 Å². The average molecular weight is 227 g/mol. The lowest BCUT2D eigenvalue weighted by Crippen LogP contribution is -2.46. The Kier molecular flexibility index (Phi) is 4.29. The highest BCUT2D eigenvalue weighted by Gasteiger charge is 2.33. The highest BCUT2D eigenvalue weighted by atomic mass is 16.2. The average Bonchev–Trinajstić information content (AvgIpc) is 2.75. The lowest BCUT2D eigenvalue weighted by molar-refractivity contribution is -0.133. The van der Waals surface area contributed by atoms with Crippen LogP contribution in [0, 0.1) is 11.8 Å². The summed E-state index contributed by atoms with van der Waals surface area (Å²) in [7, 11) is 0. The first kappa shape index (κ1) is 13.0. The van der Waals surface area contributed by atoms with Crippen LogP contribution in [0.2, 0.25) is 0 Å². The summed E-state index contributed by atoms with van der Waals surface area (Å²) in [5, 5.41) is 0. The van der Waals surface area contributed by atoms with Gasteiger partial charge < -0.3 is 16.4 Å². The van der Waals surface area contributed by atoms with Crippen molar-refractivity contribution >= 4 is 11.8 Å². The Morgan fingerprint density at radius 2 is 2.12 bits per heavy atom. The Hall–Kier alpha value is -1.10. The second kappa shape index (κ2) is 5.30. The number of nitrogens with zero attached hydrogens (tertiary/aromatic N) is 1. The molecule has 4 N–H and O–H groups in total. The topological polar surface area (TPSA) is 89.4 Å². The molecule has 0 spiro atoms. The van der Waals surface area contributed by atoms with Gasteiger partial charge in [0, 0.05) is 13.1 Å². The molecule has 1 rings (SSSR count). The summed E-state index contributed by atoms with van der Waals surface area (Å²) in [5.41, 5.74) is 11.1. The Bertz CT molecular complexity index is 280. The summed E-state index contributed by atoms with van der Waals surface area (Å²) < 4.78 is 0. The van der Waals surface area contributed by atoms with Gasteiger partial charge in [-0.3, -0.25) is 9.59 Å². The number of likely N-dealkylation sites (tertiary alicyclic amines) is 1. The molecule has 1 fully saturated rings. The molecule has 16 heavy (non-hydrogen) atoms. The van der Waals surface area contributed by atoms with Crippen molar-refractivity contribution in [3.05, 3.63) is 0 Å². The maximum Gasteiger partial charge on any atom is 0.239 e. The fraction of sp³-hybridized carbons (Fsp3) is 0.818. The van der Waals surface area contributed by atoms with Gasteiger partial charge in [-0.05, 0) is 12.3 Å². The molecule has 0 aromatic rings. The molecule has 0 aromatic carbocycles. The first-order chi connectivity index (χ1) is 7.47. The summed E-state index contributed by atoms with van der Waals surface area (Å²) in [4.78, 5) is 24.6. The van der Waals surface area contributed by atoms with Gasteiger partial charge >= 0.3 is 0 Å². The van der Waals surface area contributed by atoms with Crippen LogP contribution in [-0.2, 0) is 9.59 Å². The van der Waals surface area contributed by atoms with Crippen molar-refractivity contribution in [3.63, 3.8) is 0 Å². The van der Waals surface area contributed by atoms with Crippen LogP contribution in [-0.4, -0.2) is 35.8 Å². The summed E-state index contributed by atoms with van der Waals surface area (Å²) >= 11 is 0. The fourth-order valence-electron chi connectivity index (χ4n) is 1.90. The van der Waals surface area contributed by atoms with Crippen LogP contribution in [0.5, 0.6) is 0 Å². The molecule has 2 amide bonds. The number of rotatable bonds is 4. The van der Waals surface area contributed by atoms with Crippen LogP contribution in [0.25, 0.3) is 0 Å². The third kappa shape index (κ3) is 2.72. The number of hydrogen-bond donors (Lipinski definition) is 2. The van der Waals surface area contributed by atoms with Gasteiger partial charge in [-0.15, -0.1) is 0 Å². The third-order valence-corrected chi connectivity index (χ3v) is 3.44. The number of carbonyl (C=O) groups excluding carboxylic acids is 2. The maximum absolute atomic E-state index is 12.0. The van der Waals surface area contributed by atoms with E-state index in [2.05, 4.69) is 0 Å². The molecule has 0 radical (unpaired) electrons. The smallest absolute Gasteiger partial charge is 0.239 e. The Balaban J connectivity index is 2.54. The van der Waals surface area contributed by atoms with Crippen molar-refractivity contribution in [2.24, 2.45) is 23.3 Å². The van der Waals surface area contributed by atoms with Crippen molar-refractivity contribution in [1.29, 1.82) is 0 Å². The van der Waals surface area contributed by atoms with Crippen LogP contribution in [0.3, 0.4) is 0 Å². The van der Waals surface area contributed by atoms with Crippen molar-refractivity contribution < 1.29 is 9.59 Å². The second-order valence-electron chi connectivity index (χ2n) is 4.58. The normalized spacial score (nSPS) is 24.2. The fourth-order valence-corrected chi connectivity index (χ4v) is 1.90. The molecule has 3 atom stereocenters. The first-order valence-corrected chi connectivity index (χ1v) is 5.81. The zero-order valence-corrected chi connectivity index (χ0v) is 9.98. The molecule has 0 aliphatic carbocycles. The van der Waals surface area contributed by atoms with E-state index in [0.29, 0.717) is 19.5 Å². The van der Waals surface area contributed by atoms with E-state index in [0.717, 1.165) is 6.42 Å². The monoisotopic (exact) mass is 227 g/mol. The Morgan fingerprint density at radius 3 is 2.56 bits per heavy atom. The Morgan fingerprint density at radius 1 is 1.50 bits per heavy atom. The molecule has 0 saturated carbocycles. The van der Waals surface area contributed by atoms with E-state index in [4.69, 9.17) is 11.5 Å². The van der Waals surface area contributed by atoms with E-state index in [-0.39, 0.29) is 23.7 Å². The minimum Gasteiger partial charge on any atom is -0.369 e. The minimum absolute atomic E-state index is 0.0573. The molecular weight excluding hydrogens is 206 g/mol. The van der Waals surface area contributed by atoms with Gasteiger partial charge in [0.2, 0.25) is 11.8 Å². The third-order valence-electron chi connectivity index (χ3n) is 3.44. The molecule has 3 unspecified atom stereocenters. The lowest BCUT2D eigenvalue weighted by Gasteiger charge is -2.24. The summed E-state index contributed by atoms with van der Waals surface area (Å²) in [5.74, 6) is -0.418. The quantitative estimate of drug-likeness (QED) is 0.690. The van der Waals surface area contributed by atoms with E-state index < -0.39 is 6.04 Å². The lowest BCUT2D eigenvalue weighted by atomic mass is 9.99. The number of primary amides is 1. The zero-order valence-electron chi connectivity index (χ0n) is 9.98. The predicted octanol–water partition coefficient (Wildman–Crippen LogP) is -0.306. The number of nitrogens with two attached hydrogens (primary N) is 2. The van der Waals surface area contributed by atoms with Gasteiger partial charge in [0.05, 0.1) is 12.0 Å². The zero-order chi connectivity index (χ0) is 12.3. The highest BCUT2D eigenvalue weighted by molar-refractivity contribution is 5.84. The van der Waals surface area contributed by atoms with Crippen LogP contribution in [0.15, 0.2) is 0 Å². The summed E-state index contributed by atoms with van der Waals surface area (Å²) in [6, 6.07) is -0.461. The standard InChI is InChI=1S/C11H21N3O2/c1-3-7(2)9(12)11(16)14-5-4-8(6-14)10(13)15/h7-9H,3-6,12H2,1-2H3,(H2,13,15). The predicted molar refractivity (Wildman–Crippen MR) is 61.3 cm³/mol. The van der Waals surface area contributed by atoms with E-state index in [9.17, 15) is 9.59 Å². The molecular formula is C11H21N3O2. The van der Waals surface area contributed by atoms with Crippen LogP contribution < -0.4 is 11.5 Å². The van der Waals surface area contributed by atoms with Gasteiger partial charge in [-0.1, -0.05) is 20.3 Å². The maximum atomic E-state index is 12.0. The largest absolute Gasteiger partial charge is 0.369 e. The molecule has 0 aromatic heterocycles. The van der Waals surface area contributed by atoms with E-state index >= 15 is 0 Å². The molecule has 1 aliphatic heterocycles. The molecule has 1 heterocycles. The van der Waals surface area contributed by atoms with Gasteiger partial charge in [-0.25, -0.2) is 0 Å². The highest BCUT2D eigenvalue weighted by Crippen LogP contribution is 2.18. The van der Waals surface area contributed by atoms with Gasteiger partial charge in [0.15, 0.2) is 0 Å². The van der Waals surface area contributed by atoms with E-state index in [1.165, 1.54) is 0 Å². The number of carbonyl (C=O) groups is 2. The minimum atomic E-state index is -0.461. The van der Waals surface area contributed by atoms with Gasteiger partial charge in [-0.2, -0.15) is 0 Å². The number of amides is 2. The van der Waals surface area contributed by atoms with E-state index in [1.807, 2.05) is 13.8 Å².